The third-order valence-electron chi connectivity index (χ3n) is 3.60. The van der Waals surface area contributed by atoms with Gasteiger partial charge >= 0.3 is 0 Å². The molecule has 0 atom stereocenters. The first-order valence-electron chi connectivity index (χ1n) is 7.26. The lowest BCUT2D eigenvalue weighted by Gasteiger charge is -2.15. The summed E-state index contributed by atoms with van der Waals surface area (Å²) in [7, 11) is 0. The second-order valence-corrected chi connectivity index (χ2v) is 6.03. The molecule has 1 aromatic heterocycles. The maximum atomic E-state index is 9.72. The number of nitrogens with zero attached hydrogens (tertiary/aromatic N) is 1. The summed E-state index contributed by atoms with van der Waals surface area (Å²) in [4.78, 5) is 0. The van der Waals surface area contributed by atoms with E-state index in [-0.39, 0.29) is 11.8 Å². The zero-order valence-corrected chi connectivity index (χ0v) is 13.3. The first-order valence-corrected chi connectivity index (χ1v) is 7.63. The Kier molecular flexibility index (Phi) is 3.99. The Labute approximate surface area is 134 Å². The third kappa shape index (κ3) is 2.90. The van der Waals surface area contributed by atoms with Crippen molar-refractivity contribution in [3.8, 4) is 11.5 Å². The van der Waals surface area contributed by atoms with Crippen LogP contribution in [0.25, 0.3) is 10.9 Å². The highest BCUT2D eigenvalue weighted by Crippen LogP contribution is 2.28. The van der Waals surface area contributed by atoms with Crippen LogP contribution in [0, 0.1) is 0 Å². The van der Waals surface area contributed by atoms with E-state index in [0.717, 1.165) is 22.3 Å². The van der Waals surface area contributed by atoms with Crippen LogP contribution in [-0.2, 0) is 6.61 Å². The molecule has 22 heavy (non-hydrogen) atoms. The minimum atomic E-state index is 0.273. The molecule has 2 aromatic carbocycles. The average molecular weight is 316 g/mol. The molecule has 4 heteroatoms. The molecule has 3 aromatic rings. The van der Waals surface area contributed by atoms with Crippen molar-refractivity contribution in [3.63, 3.8) is 0 Å². The molecule has 1 N–H and O–H groups in total. The molecule has 1 heterocycles. The number of aromatic nitrogens is 1. The van der Waals surface area contributed by atoms with E-state index < -0.39 is 0 Å². The molecule has 0 saturated carbocycles. The number of fused-ring (bicyclic) bond motifs is 1. The SMILES string of the molecule is CC(C)n1c(COc2cccc(Cl)c2)cc2ccc(O)cc21. The number of aromatic hydroxyl groups is 1. The van der Waals surface area contributed by atoms with Crippen LogP contribution in [0.15, 0.2) is 48.5 Å². The standard InChI is InChI=1S/C18H18ClNO2/c1-12(2)20-15(8-13-6-7-16(21)10-18(13)20)11-22-17-5-3-4-14(19)9-17/h3-10,12,21H,11H2,1-2H3. The monoisotopic (exact) mass is 315 g/mol. The van der Waals surface area contributed by atoms with Gasteiger partial charge in [-0.05, 0) is 50.2 Å². The van der Waals surface area contributed by atoms with Gasteiger partial charge in [0.25, 0.3) is 0 Å². The largest absolute Gasteiger partial charge is 0.508 e. The molecule has 114 valence electrons. The first kappa shape index (κ1) is 14.8. The molecule has 0 fully saturated rings. The summed E-state index contributed by atoms with van der Waals surface area (Å²) in [5.41, 5.74) is 2.08. The first-order chi connectivity index (χ1) is 10.5. The number of ether oxygens (including phenoxy) is 1. The number of halogens is 1. The maximum absolute atomic E-state index is 9.72. The van der Waals surface area contributed by atoms with E-state index in [0.29, 0.717) is 11.6 Å². The van der Waals surface area contributed by atoms with E-state index in [1.807, 2.05) is 24.3 Å². The highest BCUT2D eigenvalue weighted by atomic mass is 35.5. The van der Waals surface area contributed by atoms with Crippen molar-refractivity contribution in [1.29, 1.82) is 0 Å². The van der Waals surface area contributed by atoms with Crippen LogP contribution in [0.2, 0.25) is 5.02 Å². The Morgan fingerprint density at radius 1 is 1.14 bits per heavy atom. The van der Waals surface area contributed by atoms with Gasteiger partial charge in [0.1, 0.15) is 18.1 Å². The highest BCUT2D eigenvalue weighted by molar-refractivity contribution is 6.30. The van der Waals surface area contributed by atoms with Crippen molar-refractivity contribution >= 4 is 22.5 Å². The minimum Gasteiger partial charge on any atom is -0.508 e. The average Bonchev–Trinajstić information content (AvgIpc) is 2.83. The number of hydrogen-bond donors (Lipinski definition) is 1. The van der Waals surface area contributed by atoms with E-state index in [1.54, 1.807) is 18.2 Å². The molecule has 0 aliphatic carbocycles. The van der Waals surface area contributed by atoms with E-state index in [4.69, 9.17) is 16.3 Å². The van der Waals surface area contributed by atoms with Crippen molar-refractivity contribution in [2.24, 2.45) is 0 Å². The lowest BCUT2D eigenvalue weighted by molar-refractivity contribution is 0.293. The van der Waals surface area contributed by atoms with Crippen LogP contribution in [0.5, 0.6) is 11.5 Å². The lowest BCUT2D eigenvalue weighted by Crippen LogP contribution is -2.08. The van der Waals surface area contributed by atoms with Crippen molar-refractivity contribution < 1.29 is 9.84 Å². The van der Waals surface area contributed by atoms with Crippen LogP contribution in [-0.4, -0.2) is 9.67 Å². The van der Waals surface area contributed by atoms with Gasteiger partial charge in [0.2, 0.25) is 0 Å². The molecule has 0 bridgehead atoms. The smallest absolute Gasteiger partial charge is 0.128 e. The predicted molar refractivity (Wildman–Crippen MR) is 89.8 cm³/mol. The van der Waals surface area contributed by atoms with Gasteiger partial charge in [0.05, 0.1) is 11.2 Å². The molecule has 0 saturated heterocycles. The number of rotatable bonds is 4. The summed E-state index contributed by atoms with van der Waals surface area (Å²) >= 11 is 5.98. The quantitative estimate of drug-likeness (QED) is 0.721. The Balaban J connectivity index is 1.94. The van der Waals surface area contributed by atoms with Gasteiger partial charge in [-0.1, -0.05) is 17.7 Å². The van der Waals surface area contributed by atoms with Crippen molar-refractivity contribution in [2.75, 3.05) is 0 Å². The van der Waals surface area contributed by atoms with Gasteiger partial charge < -0.3 is 14.4 Å². The molecule has 0 radical (unpaired) electrons. The molecule has 3 nitrogen and oxygen atoms in total. The number of phenolic OH excluding ortho intramolecular Hbond substituents is 1. The predicted octanol–water partition coefficient (Wildman–Crippen LogP) is 5.16. The highest BCUT2D eigenvalue weighted by Gasteiger charge is 2.12. The Hall–Kier alpha value is -2.13. The normalized spacial score (nSPS) is 11.3. The second kappa shape index (κ2) is 5.93. The molecule has 0 spiro atoms. The van der Waals surface area contributed by atoms with Gasteiger partial charge in [0.15, 0.2) is 0 Å². The van der Waals surface area contributed by atoms with Gasteiger partial charge in [-0.3, -0.25) is 0 Å². The second-order valence-electron chi connectivity index (χ2n) is 5.59. The number of phenols is 1. The molecule has 0 aliphatic heterocycles. The maximum Gasteiger partial charge on any atom is 0.128 e. The summed E-state index contributed by atoms with van der Waals surface area (Å²) in [6.07, 6.45) is 0. The van der Waals surface area contributed by atoms with Gasteiger partial charge in [-0.2, -0.15) is 0 Å². The summed E-state index contributed by atoms with van der Waals surface area (Å²) < 4.78 is 8.04. The zero-order valence-electron chi connectivity index (χ0n) is 12.6. The van der Waals surface area contributed by atoms with Crippen LogP contribution < -0.4 is 4.74 Å². The Morgan fingerprint density at radius 2 is 1.95 bits per heavy atom. The fourth-order valence-corrected chi connectivity index (χ4v) is 2.88. The molecular weight excluding hydrogens is 298 g/mol. The van der Waals surface area contributed by atoms with Gasteiger partial charge in [-0.15, -0.1) is 0 Å². The Bertz CT molecular complexity index is 808. The third-order valence-corrected chi connectivity index (χ3v) is 3.84. The molecule has 3 rings (SSSR count). The van der Waals surface area contributed by atoms with Crippen molar-refractivity contribution in [3.05, 3.63) is 59.2 Å². The molecular formula is C18H18ClNO2. The Morgan fingerprint density at radius 3 is 2.68 bits per heavy atom. The van der Waals surface area contributed by atoms with Crippen LogP contribution in [0.3, 0.4) is 0 Å². The summed E-state index contributed by atoms with van der Waals surface area (Å²) in [6.45, 7) is 4.69. The molecule has 0 amide bonds. The summed E-state index contributed by atoms with van der Waals surface area (Å²) in [5, 5.41) is 11.5. The topological polar surface area (TPSA) is 34.4 Å². The van der Waals surface area contributed by atoms with Crippen LogP contribution in [0.1, 0.15) is 25.6 Å². The zero-order chi connectivity index (χ0) is 15.7. The number of hydrogen-bond acceptors (Lipinski definition) is 2. The lowest BCUT2D eigenvalue weighted by atomic mass is 10.2. The van der Waals surface area contributed by atoms with E-state index >= 15 is 0 Å². The van der Waals surface area contributed by atoms with Crippen molar-refractivity contribution in [2.45, 2.75) is 26.5 Å². The van der Waals surface area contributed by atoms with E-state index in [9.17, 15) is 5.11 Å². The van der Waals surface area contributed by atoms with Gasteiger partial charge in [0, 0.05) is 22.5 Å². The fourth-order valence-electron chi connectivity index (χ4n) is 2.70. The minimum absolute atomic E-state index is 0.273. The summed E-state index contributed by atoms with van der Waals surface area (Å²) in [5.74, 6) is 1.02. The molecule has 0 unspecified atom stereocenters. The number of benzene rings is 2. The van der Waals surface area contributed by atoms with Crippen LogP contribution >= 0.6 is 11.6 Å². The van der Waals surface area contributed by atoms with Crippen molar-refractivity contribution in [1.82, 2.24) is 4.57 Å². The van der Waals surface area contributed by atoms with Crippen LogP contribution in [0.4, 0.5) is 0 Å². The summed E-state index contributed by atoms with van der Waals surface area (Å²) in [6, 6.07) is 15.2. The van der Waals surface area contributed by atoms with E-state index in [2.05, 4.69) is 24.5 Å². The van der Waals surface area contributed by atoms with E-state index in [1.165, 1.54) is 0 Å². The fraction of sp³-hybridized carbons (Fsp3) is 0.222. The molecule has 0 aliphatic rings. The van der Waals surface area contributed by atoms with Gasteiger partial charge in [-0.25, -0.2) is 0 Å².